The Bertz CT molecular complexity index is 864. The molecule has 0 spiro atoms. The number of ketones is 1. The van der Waals surface area contributed by atoms with Crippen molar-refractivity contribution in [2.24, 2.45) is 0 Å². The molecule has 0 aromatic heterocycles. The highest BCUT2D eigenvalue weighted by Gasteiger charge is 2.36. The quantitative estimate of drug-likeness (QED) is 0.405. The van der Waals surface area contributed by atoms with Crippen LogP contribution in [0.1, 0.15) is 50.4 Å². The second kappa shape index (κ2) is 10.6. The van der Waals surface area contributed by atoms with Gasteiger partial charge in [0.1, 0.15) is 5.75 Å². The minimum absolute atomic E-state index is 0.0356. The first-order valence-electron chi connectivity index (χ1n) is 10.1. The number of likely N-dealkylation sites (N-methyl/N-ethyl adjacent to an activating group) is 1. The van der Waals surface area contributed by atoms with Gasteiger partial charge >= 0.3 is 5.97 Å². The number of hydrogen-bond donors (Lipinski definition) is 0. The number of carbonyl (C=O) groups excluding carboxylic acids is 3. The predicted molar refractivity (Wildman–Crippen MR) is 111 cm³/mol. The summed E-state index contributed by atoms with van der Waals surface area (Å²) in [6, 6.07) is 6.27. The summed E-state index contributed by atoms with van der Waals surface area (Å²) in [4.78, 5) is 38.4. The number of amides is 1. The Hall–Kier alpha value is -2.42. The monoisotopic (exact) mass is 439 g/mol. The fraction of sp³-hybridized carbons (Fsp3) is 0.571. The van der Waals surface area contributed by atoms with Crippen LogP contribution >= 0.6 is 0 Å². The number of benzene rings is 1. The average Bonchev–Trinajstić information content (AvgIpc) is 3.06. The molecule has 0 N–H and O–H groups in total. The molecule has 2 atom stereocenters. The summed E-state index contributed by atoms with van der Waals surface area (Å²) in [6.07, 6.45) is -0.833. The molecule has 8 nitrogen and oxygen atoms in total. The van der Waals surface area contributed by atoms with Crippen LogP contribution in [-0.2, 0) is 24.2 Å². The molecule has 1 aliphatic rings. The van der Waals surface area contributed by atoms with Crippen molar-refractivity contribution in [3.05, 3.63) is 29.8 Å². The Morgan fingerprint density at radius 3 is 2.33 bits per heavy atom. The zero-order chi connectivity index (χ0) is 22.3. The van der Waals surface area contributed by atoms with Crippen LogP contribution in [0, 0.1) is 0 Å². The van der Waals surface area contributed by atoms with Crippen LogP contribution in [0.5, 0.6) is 5.75 Å². The number of carbonyl (C=O) groups is 3. The van der Waals surface area contributed by atoms with Crippen molar-refractivity contribution in [2.75, 3.05) is 24.7 Å². The Morgan fingerprint density at radius 1 is 1.13 bits per heavy atom. The molecule has 30 heavy (non-hydrogen) atoms. The largest absolute Gasteiger partial charge is 0.494 e. The van der Waals surface area contributed by atoms with Crippen LogP contribution in [-0.4, -0.2) is 67.8 Å². The van der Waals surface area contributed by atoms with Crippen LogP contribution in [0.2, 0.25) is 0 Å². The molecule has 1 aromatic carbocycles. The van der Waals surface area contributed by atoms with Crippen molar-refractivity contribution in [2.45, 2.75) is 52.2 Å². The van der Waals surface area contributed by atoms with Crippen molar-refractivity contribution < 1.29 is 32.3 Å². The van der Waals surface area contributed by atoms with E-state index in [0.29, 0.717) is 30.9 Å². The van der Waals surface area contributed by atoms with Gasteiger partial charge in [0.2, 0.25) is 0 Å². The maximum Gasteiger partial charge on any atom is 0.307 e. The first-order valence-corrected chi connectivity index (χ1v) is 12.0. The van der Waals surface area contributed by atoms with Crippen molar-refractivity contribution in [1.29, 1.82) is 0 Å². The van der Waals surface area contributed by atoms with E-state index in [1.54, 1.807) is 31.2 Å². The van der Waals surface area contributed by atoms with Gasteiger partial charge in [0.05, 0.1) is 24.5 Å². The lowest BCUT2D eigenvalue weighted by atomic mass is 10.1. The first kappa shape index (κ1) is 23.9. The van der Waals surface area contributed by atoms with Crippen LogP contribution in [0.4, 0.5) is 0 Å². The van der Waals surface area contributed by atoms with E-state index in [1.807, 2.05) is 6.92 Å². The first-order chi connectivity index (χ1) is 14.2. The lowest BCUT2D eigenvalue weighted by Crippen LogP contribution is -2.46. The third-order valence-corrected chi connectivity index (χ3v) is 6.72. The lowest BCUT2D eigenvalue weighted by Gasteiger charge is -2.29. The van der Waals surface area contributed by atoms with Gasteiger partial charge in [-0.3, -0.25) is 14.4 Å². The second-order valence-corrected chi connectivity index (χ2v) is 9.42. The molecule has 9 heteroatoms. The van der Waals surface area contributed by atoms with Gasteiger partial charge in [0, 0.05) is 24.6 Å². The van der Waals surface area contributed by atoms with Gasteiger partial charge < -0.3 is 14.4 Å². The molecule has 0 saturated carbocycles. The van der Waals surface area contributed by atoms with Gasteiger partial charge in [-0.2, -0.15) is 0 Å². The summed E-state index contributed by atoms with van der Waals surface area (Å²) in [5, 5.41) is 0. The number of sulfone groups is 1. The van der Waals surface area contributed by atoms with Gasteiger partial charge in [-0.1, -0.05) is 0 Å². The van der Waals surface area contributed by atoms with E-state index in [9.17, 15) is 22.8 Å². The van der Waals surface area contributed by atoms with E-state index < -0.39 is 33.9 Å². The summed E-state index contributed by atoms with van der Waals surface area (Å²) >= 11 is 0. The molecule has 1 heterocycles. The second-order valence-electron chi connectivity index (χ2n) is 7.19. The molecular formula is C21H29NO7S. The number of nitrogens with zero attached hydrogens (tertiary/aromatic N) is 1. The Balaban J connectivity index is 1.84. The molecule has 2 unspecified atom stereocenters. The molecule has 2 rings (SSSR count). The highest BCUT2D eigenvalue weighted by atomic mass is 32.2. The number of Topliss-reactive ketones (excluding diaryl/α,β-unsaturated/α-hetero) is 1. The van der Waals surface area contributed by atoms with E-state index in [0.717, 1.165) is 0 Å². The number of hydrogen-bond acceptors (Lipinski definition) is 7. The van der Waals surface area contributed by atoms with Crippen molar-refractivity contribution in [1.82, 2.24) is 4.90 Å². The normalized spacial score (nSPS) is 18.4. The Kier molecular flexibility index (Phi) is 8.40. The molecule has 0 radical (unpaired) electrons. The van der Waals surface area contributed by atoms with Gasteiger partial charge in [-0.25, -0.2) is 8.42 Å². The van der Waals surface area contributed by atoms with E-state index in [4.69, 9.17) is 9.47 Å². The van der Waals surface area contributed by atoms with Gasteiger partial charge in [-0.15, -0.1) is 0 Å². The van der Waals surface area contributed by atoms with Crippen molar-refractivity contribution in [3.8, 4) is 5.75 Å². The summed E-state index contributed by atoms with van der Waals surface area (Å²) in [7, 11) is -3.13. The molecule has 0 aliphatic carbocycles. The third-order valence-electron chi connectivity index (χ3n) is 4.97. The van der Waals surface area contributed by atoms with Crippen LogP contribution in [0.15, 0.2) is 24.3 Å². The Labute approximate surface area is 177 Å². The van der Waals surface area contributed by atoms with Gasteiger partial charge in [0.25, 0.3) is 5.91 Å². The minimum atomic E-state index is -3.13. The molecule has 1 fully saturated rings. The number of esters is 1. The molecule has 1 saturated heterocycles. The molecule has 166 valence electrons. The van der Waals surface area contributed by atoms with Crippen molar-refractivity contribution >= 4 is 27.5 Å². The van der Waals surface area contributed by atoms with Crippen LogP contribution < -0.4 is 4.74 Å². The SMILES string of the molecule is CCOc1ccc(C(=O)CCC(=O)OC(C)C(=O)N(CC)C2CCS(=O)(=O)C2)cc1. The molecule has 1 aromatic rings. The Morgan fingerprint density at radius 2 is 1.80 bits per heavy atom. The van der Waals surface area contributed by atoms with E-state index in [2.05, 4.69) is 0 Å². The zero-order valence-corrected chi connectivity index (χ0v) is 18.4. The van der Waals surface area contributed by atoms with Crippen LogP contribution in [0.3, 0.4) is 0 Å². The number of rotatable bonds is 10. The summed E-state index contributed by atoms with van der Waals surface area (Å²) < 4.78 is 33.9. The maximum absolute atomic E-state index is 12.6. The lowest BCUT2D eigenvalue weighted by molar-refractivity contribution is -0.159. The molecule has 1 aliphatic heterocycles. The fourth-order valence-electron chi connectivity index (χ4n) is 3.42. The summed E-state index contributed by atoms with van der Waals surface area (Å²) in [5.41, 5.74) is 0.468. The predicted octanol–water partition coefficient (Wildman–Crippen LogP) is 2.02. The van der Waals surface area contributed by atoms with Gasteiger partial charge in [-0.05, 0) is 51.5 Å². The van der Waals surface area contributed by atoms with E-state index >= 15 is 0 Å². The maximum atomic E-state index is 12.6. The van der Waals surface area contributed by atoms with E-state index in [-0.39, 0.29) is 30.1 Å². The summed E-state index contributed by atoms with van der Waals surface area (Å²) in [5.74, 6) is -0.625. The summed E-state index contributed by atoms with van der Waals surface area (Å²) in [6.45, 7) is 5.94. The molecule has 1 amide bonds. The molecule has 0 bridgehead atoms. The number of ether oxygens (including phenoxy) is 2. The third kappa shape index (κ3) is 6.55. The average molecular weight is 440 g/mol. The van der Waals surface area contributed by atoms with E-state index in [1.165, 1.54) is 11.8 Å². The van der Waals surface area contributed by atoms with Crippen LogP contribution in [0.25, 0.3) is 0 Å². The highest BCUT2D eigenvalue weighted by molar-refractivity contribution is 7.91. The zero-order valence-electron chi connectivity index (χ0n) is 17.6. The standard InChI is InChI=1S/C21H29NO7S/c1-4-22(17-12-13-30(26,27)14-17)21(25)15(3)29-20(24)11-10-19(23)16-6-8-18(9-7-16)28-5-2/h6-9,15,17H,4-5,10-14H2,1-3H3. The van der Waals surface area contributed by atoms with Gasteiger partial charge in [0.15, 0.2) is 21.7 Å². The highest BCUT2D eigenvalue weighted by Crippen LogP contribution is 2.19. The minimum Gasteiger partial charge on any atom is -0.494 e. The fourth-order valence-corrected chi connectivity index (χ4v) is 5.15. The topological polar surface area (TPSA) is 107 Å². The van der Waals surface area contributed by atoms with Crippen molar-refractivity contribution in [3.63, 3.8) is 0 Å². The smallest absolute Gasteiger partial charge is 0.307 e. The molecular weight excluding hydrogens is 410 g/mol.